The number of esters is 2. The third kappa shape index (κ3) is 5.50. The Kier molecular flexibility index (Phi) is 10.1. The van der Waals surface area contributed by atoms with Crippen LogP contribution in [-0.4, -0.2) is 78.6 Å². The number of ether oxygens (including phenoxy) is 3. The molecule has 6 N–H and O–H groups in total. The standard InChI is InChI=1S/C24H40O11/c1-3-5-7-9-11-13-15-33-19(25)21(27)17-18(35-17)23(29,30)24(31,32)22(21,28)20(26)34-16-14-12-10-8-6-4-2/h27-32H,3-16H2,1-2H3. The minimum absolute atomic E-state index is 0.188. The molecule has 35 heavy (non-hydrogen) atoms. The Morgan fingerprint density at radius 2 is 1.09 bits per heavy atom. The molecule has 0 aromatic rings. The zero-order valence-electron chi connectivity index (χ0n) is 20.6. The first-order chi connectivity index (χ1) is 16.4. The van der Waals surface area contributed by atoms with Gasteiger partial charge in [0.1, 0.15) is 0 Å². The molecule has 0 amide bonds. The molecular formula is C24H40O11. The largest absolute Gasteiger partial charge is 0.463 e. The summed E-state index contributed by atoms with van der Waals surface area (Å²) in [6.45, 7) is 3.68. The van der Waals surface area contributed by atoms with Crippen LogP contribution in [0.2, 0.25) is 0 Å². The van der Waals surface area contributed by atoms with Crippen molar-refractivity contribution in [3.05, 3.63) is 11.5 Å². The highest BCUT2D eigenvalue weighted by Crippen LogP contribution is 2.58. The van der Waals surface area contributed by atoms with Gasteiger partial charge in [0.05, 0.1) is 13.2 Å². The molecule has 2 unspecified atom stereocenters. The fourth-order valence-electron chi connectivity index (χ4n) is 4.21. The number of unbranched alkanes of at least 4 members (excludes halogenated alkanes) is 10. The van der Waals surface area contributed by atoms with Gasteiger partial charge < -0.3 is 44.8 Å². The number of hydrogen-bond donors (Lipinski definition) is 6. The van der Waals surface area contributed by atoms with Gasteiger partial charge in [-0.15, -0.1) is 0 Å². The van der Waals surface area contributed by atoms with Crippen molar-refractivity contribution < 1.29 is 54.4 Å². The minimum Gasteiger partial charge on any atom is -0.463 e. The Labute approximate surface area is 205 Å². The molecule has 0 saturated heterocycles. The highest BCUT2D eigenvalue weighted by Gasteiger charge is 2.88. The average molecular weight is 505 g/mol. The number of carbonyl (C=O) groups excluding carboxylic acids is 2. The van der Waals surface area contributed by atoms with Gasteiger partial charge in [0.25, 0.3) is 22.8 Å². The third-order valence-corrected chi connectivity index (χ3v) is 6.58. The molecule has 0 aromatic heterocycles. The van der Waals surface area contributed by atoms with Crippen molar-refractivity contribution in [2.75, 3.05) is 13.2 Å². The molecule has 1 aliphatic carbocycles. The summed E-state index contributed by atoms with van der Waals surface area (Å²) in [6.07, 6.45) is 10.2. The fraction of sp³-hybridized carbons (Fsp3) is 0.833. The first-order valence-corrected chi connectivity index (χ1v) is 12.6. The average Bonchev–Trinajstić information content (AvgIpc) is 3.63. The van der Waals surface area contributed by atoms with Crippen LogP contribution >= 0.6 is 0 Å². The molecule has 0 spiro atoms. The first kappa shape index (κ1) is 29.5. The van der Waals surface area contributed by atoms with Crippen LogP contribution in [0.1, 0.15) is 90.9 Å². The summed E-state index contributed by atoms with van der Waals surface area (Å²) in [5.74, 6) is -13.2. The van der Waals surface area contributed by atoms with E-state index in [-0.39, 0.29) is 13.2 Å². The predicted molar refractivity (Wildman–Crippen MR) is 121 cm³/mol. The van der Waals surface area contributed by atoms with Gasteiger partial charge in [-0.2, -0.15) is 0 Å². The molecule has 0 saturated carbocycles. The van der Waals surface area contributed by atoms with E-state index in [0.29, 0.717) is 19.3 Å². The molecule has 0 aromatic carbocycles. The van der Waals surface area contributed by atoms with Crippen molar-refractivity contribution in [1.29, 1.82) is 0 Å². The molecule has 202 valence electrons. The molecule has 2 aliphatic rings. The zero-order chi connectivity index (χ0) is 26.3. The second-order valence-corrected chi connectivity index (χ2v) is 9.33. The van der Waals surface area contributed by atoms with Crippen molar-refractivity contribution in [3.8, 4) is 0 Å². The van der Waals surface area contributed by atoms with Crippen molar-refractivity contribution in [2.24, 2.45) is 0 Å². The third-order valence-electron chi connectivity index (χ3n) is 6.58. The molecule has 1 aliphatic heterocycles. The maximum atomic E-state index is 12.9. The molecule has 2 atom stereocenters. The lowest BCUT2D eigenvalue weighted by Gasteiger charge is -2.48. The summed E-state index contributed by atoms with van der Waals surface area (Å²) in [5.41, 5.74) is -7.43. The summed E-state index contributed by atoms with van der Waals surface area (Å²) in [7, 11) is 0. The van der Waals surface area contributed by atoms with Crippen LogP contribution in [0, 0.1) is 0 Å². The van der Waals surface area contributed by atoms with E-state index >= 15 is 0 Å². The smallest absolute Gasteiger partial charge is 0.350 e. The van der Waals surface area contributed by atoms with Crippen LogP contribution in [0.4, 0.5) is 0 Å². The van der Waals surface area contributed by atoms with Gasteiger partial charge in [-0.1, -0.05) is 78.1 Å². The molecule has 2 rings (SSSR count). The van der Waals surface area contributed by atoms with Crippen LogP contribution in [0.25, 0.3) is 0 Å². The maximum Gasteiger partial charge on any atom is 0.350 e. The van der Waals surface area contributed by atoms with Gasteiger partial charge in [0.2, 0.25) is 5.76 Å². The number of aliphatic hydroxyl groups is 6. The number of carbonyl (C=O) groups is 2. The number of rotatable bonds is 16. The molecule has 1 heterocycles. The lowest BCUT2D eigenvalue weighted by molar-refractivity contribution is -0.408. The second-order valence-electron chi connectivity index (χ2n) is 9.33. The van der Waals surface area contributed by atoms with Gasteiger partial charge >= 0.3 is 11.9 Å². The van der Waals surface area contributed by atoms with Gasteiger partial charge in [0.15, 0.2) is 5.76 Å². The second kappa shape index (κ2) is 12.0. The topological polar surface area (TPSA) is 187 Å². The van der Waals surface area contributed by atoms with Gasteiger partial charge in [-0.25, -0.2) is 9.59 Å². The van der Waals surface area contributed by atoms with E-state index in [1.807, 2.05) is 0 Å². The molecule has 11 heteroatoms. The van der Waals surface area contributed by atoms with E-state index < -0.39 is 46.2 Å². The lowest BCUT2D eigenvalue weighted by Crippen LogP contribution is -2.82. The zero-order valence-corrected chi connectivity index (χ0v) is 20.6. The molecule has 0 fully saturated rings. The molecular weight excluding hydrogens is 464 g/mol. The van der Waals surface area contributed by atoms with E-state index in [4.69, 9.17) is 14.2 Å². The predicted octanol–water partition coefficient (Wildman–Crippen LogP) is 0.873. The highest BCUT2D eigenvalue weighted by molar-refractivity contribution is 5.98. The molecule has 11 nitrogen and oxygen atoms in total. The van der Waals surface area contributed by atoms with E-state index in [9.17, 15) is 40.2 Å². The number of hydrogen-bond acceptors (Lipinski definition) is 11. The normalized spacial score (nSPS) is 26.1. The Balaban J connectivity index is 2.13. The van der Waals surface area contributed by atoms with Crippen molar-refractivity contribution in [1.82, 2.24) is 0 Å². The maximum absolute atomic E-state index is 12.9. The molecule has 0 bridgehead atoms. The Morgan fingerprint density at radius 3 is 1.57 bits per heavy atom. The SMILES string of the molecule is CCCCCCCCOC(=O)C1(O)C2=C(O2)C(O)(O)C(O)(O)C1(O)C(=O)OCCCCCCCC. The van der Waals surface area contributed by atoms with Crippen molar-refractivity contribution in [2.45, 2.75) is 114 Å². The monoisotopic (exact) mass is 504 g/mol. The van der Waals surface area contributed by atoms with Gasteiger partial charge in [-0.05, 0) is 12.8 Å². The summed E-state index contributed by atoms with van der Waals surface area (Å²) >= 11 is 0. The summed E-state index contributed by atoms with van der Waals surface area (Å²) in [6, 6.07) is 0. The van der Waals surface area contributed by atoms with E-state index in [1.165, 1.54) is 0 Å². The summed E-state index contributed by atoms with van der Waals surface area (Å²) < 4.78 is 14.7. The van der Waals surface area contributed by atoms with E-state index in [2.05, 4.69) is 13.8 Å². The van der Waals surface area contributed by atoms with Crippen LogP contribution in [0.5, 0.6) is 0 Å². The van der Waals surface area contributed by atoms with E-state index in [1.54, 1.807) is 0 Å². The van der Waals surface area contributed by atoms with Crippen LogP contribution in [-0.2, 0) is 23.8 Å². The first-order valence-electron chi connectivity index (χ1n) is 12.6. The van der Waals surface area contributed by atoms with Crippen molar-refractivity contribution in [3.63, 3.8) is 0 Å². The quantitative estimate of drug-likeness (QED) is 0.0995. The molecule has 0 radical (unpaired) electrons. The van der Waals surface area contributed by atoms with Crippen LogP contribution in [0.15, 0.2) is 11.5 Å². The highest BCUT2D eigenvalue weighted by atomic mass is 16.7. The Morgan fingerprint density at radius 1 is 0.657 bits per heavy atom. The van der Waals surface area contributed by atoms with Crippen molar-refractivity contribution >= 4 is 11.9 Å². The van der Waals surface area contributed by atoms with Gasteiger partial charge in [-0.3, -0.25) is 0 Å². The van der Waals surface area contributed by atoms with Crippen LogP contribution < -0.4 is 0 Å². The van der Waals surface area contributed by atoms with Gasteiger partial charge in [0, 0.05) is 0 Å². The van der Waals surface area contributed by atoms with Crippen LogP contribution in [0.3, 0.4) is 0 Å². The summed E-state index contributed by atoms with van der Waals surface area (Å²) in [5, 5.41) is 63.5. The Bertz CT molecular complexity index is 775. The summed E-state index contributed by atoms with van der Waals surface area (Å²) in [4.78, 5) is 25.7. The van der Waals surface area contributed by atoms with E-state index in [0.717, 1.165) is 57.8 Å². The lowest BCUT2D eigenvalue weighted by atomic mass is 9.68. The fourth-order valence-corrected chi connectivity index (χ4v) is 4.21. The Hall–Kier alpha value is -1.76. The minimum atomic E-state index is -4.18.